The van der Waals surface area contributed by atoms with Crippen LogP contribution >= 0.6 is 0 Å². The van der Waals surface area contributed by atoms with E-state index in [4.69, 9.17) is 5.11 Å². The molecule has 202 valence electrons. The van der Waals surface area contributed by atoms with Crippen molar-refractivity contribution >= 4 is 17.5 Å². The SMILES string of the molecule is C[C@H](CC(=O)C[C@@H](C)[C@H]1C[C@H](O)[C@H]2C3=C(C(=O)C[C@]12C)[C@@]1(C)CC[C@H](O)C(C)(C)[C@@H]1C[C@@H]3O)C(=O)O. The molecule has 10 atom stereocenters. The van der Waals surface area contributed by atoms with Gasteiger partial charge in [-0.2, -0.15) is 0 Å². The van der Waals surface area contributed by atoms with Crippen molar-refractivity contribution in [2.24, 2.45) is 45.8 Å². The number of Topliss-reactive ketones (excluding diaryl/α,β-unsaturated/α-hetero) is 2. The lowest BCUT2D eigenvalue weighted by Crippen LogP contribution is -2.58. The van der Waals surface area contributed by atoms with Gasteiger partial charge in [-0.25, -0.2) is 0 Å². The molecule has 0 saturated heterocycles. The van der Waals surface area contributed by atoms with Crippen LogP contribution in [0.2, 0.25) is 0 Å². The Balaban J connectivity index is 1.68. The highest BCUT2D eigenvalue weighted by Crippen LogP contribution is 2.67. The molecule has 2 saturated carbocycles. The monoisotopic (exact) mass is 504 g/mol. The number of carbonyl (C=O) groups excluding carboxylic acids is 2. The third-order valence-corrected chi connectivity index (χ3v) is 10.9. The molecule has 36 heavy (non-hydrogen) atoms. The van der Waals surface area contributed by atoms with Gasteiger partial charge < -0.3 is 20.4 Å². The van der Waals surface area contributed by atoms with Crippen LogP contribution in [0.25, 0.3) is 0 Å². The summed E-state index contributed by atoms with van der Waals surface area (Å²) in [5, 5.41) is 42.7. The van der Waals surface area contributed by atoms with Crippen LogP contribution in [-0.2, 0) is 14.4 Å². The third-order valence-electron chi connectivity index (χ3n) is 10.9. The predicted octanol–water partition coefficient (Wildman–Crippen LogP) is 3.53. The summed E-state index contributed by atoms with van der Waals surface area (Å²) < 4.78 is 0. The first-order chi connectivity index (χ1) is 16.6. The maximum atomic E-state index is 13.9. The van der Waals surface area contributed by atoms with Crippen LogP contribution in [0.15, 0.2) is 11.1 Å². The molecule has 0 radical (unpaired) electrons. The number of aliphatic hydroxyl groups excluding tert-OH is 3. The number of aliphatic carboxylic acids is 1. The Morgan fingerprint density at radius 1 is 1.03 bits per heavy atom. The van der Waals surface area contributed by atoms with Gasteiger partial charge in [0.2, 0.25) is 0 Å². The van der Waals surface area contributed by atoms with Crippen LogP contribution in [-0.4, -0.2) is 56.3 Å². The molecule has 4 aliphatic rings. The summed E-state index contributed by atoms with van der Waals surface area (Å²) in [6.45, 7) is 11.7. The number of allylic oxidation sites excluding steroid dienone is 1. The van der Waals surface area contributed by atoms with Gasteiger partial charge in [0.1, 0.15) is 5.78 Å². The van der Waals surface area contributed by atoms with Gasteiger partial charge in [0.05, 0.1) is 24.2 Å². The number of hydrogen-bond acceptors (Lipinski definition) is 6. The number of hydrogen-bond donors (Lipinski definition) is 4. The highest BCUT2D eigenvalue weighted by molar-refractivity contribution is 6.00. The van der Waals surface area contributed by atoms with Gasteiger partial charge in [-0.3, -0.25) is 14.4 Å². The minimum atomic E-state index is -0.992. The molecular weight excluding hydrogens is 460 g/mol. The number of carboxylic acids is 1. The highest BCUT2D eigenvalue weighted by Gasteiger charge is 2.65. The maximum absolute atomic E-state index is 13.9. The van der Waals surface area contributed by atoms with Crippen molar-refractivity contribution in [2.45, 2.75) is 105 Å². The van der Waals surface area contributed by atoms with E-state index in [1.165, 1.54) is 6.92 Å². The minimum Gasteiger partial charge on any atom is -0.481 e. The topological polar surface area (TPSA) is 132 Å². The summed E-state index contributed by atoms with van der Waals surface area (Å²) in [5.74, 6) is -2.43. The largest absolute Gasteiger partial charge is 0.481 e. The van der Waals surface area contributed by atoms with E-state index in [-0.39, 0.29) is 54.5 Å². The van der Waals surface area contributed by atoms with Gasteiger partial charge in [-0.15, -0.1) is 0 Å². The first-order valence-electron chi connectivity index (χ1n) is 13.6. The summed E-state index contributed by atoms with van der Waals surface area (Å²) in [6.07, 6.45) is 0.579. The van der Waals surface area contributed by atoms with E-state index in [2.05, 4.69) is 6.92 Å². The number of carbonyl (C=O) groups is 3. The molecule has 0 aromatic heterocycles. The Hall–Kier alpha value is -1.57. The number of aliphatic hydroxyl groups is 3. The highest BCUT2D eigenvalue weighted by atomic mass is 16.4. The van der Waals surface area contributed by atoms with Crippen LogP contribution in [0.3, 0.4) is 0 Å². The van der Waals surface area contributed by atoms with E-state index < -0.39 is 46.4 Å². The van der Waals surface area contributed by atoms with Crippen LogP contribution in [0.4, 0.5) is 0 Å². The smallest absolute Gasteiger partial charge is 0.306 e. The predicted molar refractivity (Wildman–Crippen MR) is 134 cm³/mol. The maximum Gasteiger partial charge on any atom is 0.306 e. The lowest BCUT2D eigenvalue weighted by atomic mass is 9.45. The molecule has 4 N–H and O–H groups in total. The number of fused-ring (bicyclic) bond motifs is 4. The van der Waals surface area contributed by atoms with Crippen molar-refractivity contribution < 1.29 is 34.8 Å². The zero-order valence-electron chi connectivity index (χ0n) is 22.6. The summed E-state index contributed by atoms with van der Waals surface area (Å²) >= 11 is 0. The van der Waals surface area contributed by atoms with E-state index in [1.807, 2.05) is 27.7 Å². The normalized spacial score (nSPS) is 43.3. The van der Waals surface area contributed by atoms with Crippen molar-refractivity contribution in [3.05, 3.63) is 11.1 Å². The second-order valence-corrected chi connectivity index (χ2v) is 13.6. The molecule has 4 aliphatic carbocycles. The standard InChI is InChI=1S/C29H44O7/c1-14(9-16(30)10-15(2)26(35)36)17-11-19(32)24-23-18(31)12-21-27(3,4)22(34)7-8-28(21,5)25(23)20(33)13-29(17,24)6/h14-15,17-19,21-22,24,31-32,34H,7-13H2,1-6H3,(H,35,36)/t14-,15-,17-,18+,19+,21+,22+,24+,28+,29-/m1/s1. The summed E-state index contributed by atoms with van der Waals surface area (Å²) in [4.78, 5) is 37.8. The molecule has 0 bridgehead atoms. The van der Waals surface area contributed by atoms with Gasteiger partial charge in [-0.1, -0.05) is 41.5 Å². The zero-order chi connectivity index (χ0) is 27.0. The van der Waals surface area contributed by atoms with E-state index in [9.17, 15) is 29.7 Å². The Morgan fingerprint density at radius 3 is 2.28 bits per heavy atom. The minimum absolute atomic E-state index is 0.0244. The van der Waals surface area contributed by atoms with Crippen molar-refractivity contribution in [2.75, 3.05) is 0 Å². The average molecular weight is 505 g/mol. The summed E-state index contributed by atoms with van der Waals surface area (Å²) in [5.41, 5.74) is -0.0875. The number of ketones is 2. The molecule has 4 rings (SSSR count). The van der Waals surface area contributed by atoms with Gasteiger partial charge in [0.15, 0.2) is 5.78 Å². The van der Waals surface area contributed by atoms with Gasteiger partial charge in [0, 0.05) is 30.8 Å². The fourth-order valence-corrected chi connectivity index (χ4v) is 9.06. The quantitative estimate of drug-likeness (QED) is 0.435. The second-order valence-electron chi connectivity index (χ2n) is 13.6. The first kappa shape index (κ1) is 27.5. The van der Waals surface area contributed by atoms with Crippen molar-refractivity contribution in [3.63, 3.8) is 0 Å². The molecule has 7 nitrogen and oxygen atoms in total. The lowest BCUT2D eigenvalue weighted by Gasteiger charge is -2.60. The molecule has 0 aromatic carbocycles. The Bertz CT molecular complexity index is 982. The Kier molecular flexibility index (Phi) is 6.88. The Morgan fingerprint density at radius 2 is 1.67 bits per heavy atom. The second kappa shape index (κ2) is 9.02. The van der Waals surface area contributed by atoms with E-state index in [1.54, 1.807) is 0 Å². The zero-order valence-corrected chi connectivity index (χ0v) is 22.6. The molecule has 0 amide bonds. The van der Waals surface area contributed by atoms with Crippen molar-refractivity contribution in [3.8, 4) is 0 Å². The number of rotatable bonds is 6. The van der Waals surface area contributed by atoms with E-state index in [0.717, 1.165) is 0 Å². The van der Waals surface area contributed by atoms with Crippen LogP contribution in [0, 0.1) is 45.8 Å². The lowest BCUT2D eigenvalue weighted by molar-refractivity contribution is -0.143. The molecule has 0 aromatic rings. The van der Waals surface area contributed by atoms with Crippen LogP contribution in [0.5, 0.6) is 0 Å². The first-order valence-corrected chi connectivity index (χ1v) is 13.6. The number of carboxylic acid groups (broad SMARTS) is 1. The summed E-state index contributed by atoms with van der Waals surface area (Å²) in [6, 6.07) is 0. The fourth-order valence-electron chi connectivity index (χ4n) is 9.06. The Labute approximate surface area is 214 Å². The van der Waals surface area contributed by atoms with E-state index in [0.29, 0.717) is 36.8 Å². The summed E-state index contributed by atoms with van der Waals surface area (Å²) in [7, 11) is 0. The molecule has 0 spiro atoms. The van der Waals surface area contributed by atoms with Crippen LogP contribution < -0.4 is 0 Å². The van der Waals surface area contributed by atoms with Gasteiger partial charge >= 0.3 is 5.97 Å². The fraction of sp³-hybridized carbons (Fsp3) is 0.828. The third kappa shape index (κ3) is 4.01. The average Bonchev–Trinajstić information content (AvgIpc) is 3.02. The molecule has 2 fully saturated rings. The molecule has 0 heterocycles. The van der Waals surface area contributed by atoms with E-state index >= 15 is 0 Å². The van der Waals surface area contributed by atoms with Crippen LogP contribution in [0.1, 0.15) is 86.5 Å². The molecule has 7 heteroatoms. The van der Waals surface area contributed by atoms with Gasteiger partial charge in [-0.05, 0) is 65.3 Å². The van der Waals surface area contributed by atoms with Crippen molar-refractivity contribution in [1.82, 2.24) is 0 Å². The molecule has 0 unspecified atom stereocenters. The molecular formula is C29H44O7. The van der Waals surface area contributed by atoms with Gasteiger partial charge in [0.25, 0.3) is 0 Å². The molecule has 0 aliphatic heterocycles. The van der Waals surface area contributed by atoms with Crippen molar-refractivity contribution in [1.29, 1.82) is 0 Å².